The van der Waals surface area contributed by atoms with E-state index in [1.807, 2.05) is 50.2 Å². The molecule has 0 aromatic heterocycles. The molecule has 0 bridgehead atoms. The van der Waals surface area contributed by atoms with Gasteiger partial charge in [0.05, 0.1) is 30.4 Å². The Morgan fingerprint density at radius 2 is 1.72 bits per heavy atom. The minimum absolute atomic E-state index is 0.307. The van der Waals surface area contributed by atoms with Crippen molar-refractivity contribution in [3.05, 3.63) is 101 Å². The van der Waals surface area contributed by atoms with E-state index < -0.39 is 11.6 Å². The Labute approximate surface area is 229 Å². The molecule has 3 N–H and O–H groups in total. The summed E-state index contributed by atoms with van der Waals surface area (Å²) in [5.74, 6) is 0.126. The molecule has 6 nitrogen and oxygen atoms in total. The number of aliphatic hydroxyl groups is 1. The Morgan fingerprint density at radius 1 is 1.00 bits per heavy atom. The lowest BCUT2D eigenvalue weighted by atomic mass is 9.86. The number of aliphatic hydroxyl groups excluding tert-OH is 1. The van der Waals surface area contributed by atoms with Gasteiger partial charge in [-0.1, -0.05) is 48.5 Å². The fourth-order valence-corrected chi connectivity index (χ4v) is 4.58. The van der Waals surface area contributed by atoms with Gasteiger partial charge in [0.2, 0.25) is 0 Å². The molecule has 200 valence electrons. The number of esters is 1. The van der Waals surface area contributed by atoms with E-state index >= 15 is 0 Å². The maximum absolute atomic E-state index is 12.1. The van der Waals surface area contributed by atoms with Gasteiger partial charge in [-0.3, -0.25) is 0 Å². The lowest BCUT2D eigenvalue weighted by Gasteiger charge is -2.28. The first-order valence-corrected chi connectivity index (χ1v) is 13.1. The number of rotatable bonds is 10. The Bertz CT molecular complexity index is 1510. The molecule has 0 fully saturated rings. The second-order valence-electron chi connectivity index (χ2n) is 10.2. The average molecular weight is 523 g/mol. The van der Waals surface area contributed by atoms with Gasteiger partial charge in [0.25, 0.3) is 0 Å². The van der Waals surface area contributed by atoms with Crippen LogP contribution in [0.2, 0.25) is 0 Å². The number of hydrogen-bond donors (Lipinski definition) is 2. The van der Waals surface area contributed by atoms with Gasteiger partial charge in [-0.05, 0) is 97.0 Å². The second-order valence-corrected chi connectivity index (χ2v) is 10.2. The Kier molecular flexibility index (Phi) is 8.65. The van der Waals surface area contributed by atoms with E-state index in [1.165, 1.54) is 0 Å². The predicted molar refractivity (Wildman–Crippen MR) is 154 cm³/mol. The third-order valence-corrected chi connectivity index (χ3v) is 6.66. The molecular formula is C33H34N2O4. The highest BCUT2D eigenvalue weighted by atomic mass is 16.5. The van der Waals surface area contributed by atoms with E-state index in [4.69, 9.17) is 15.2 Å². The number of carbonyl (C=O) groups is 1. The number of nitrogens with two attached hydrogens (primary N) is 1. The SMILES string of the molecule is CCOC(=O)c1cccc(-c2ccc(OCCCc3cc4ccccc4cc3[C@@H](O)C(C)(C)N)c(C#N)c2)c1. The number of benzene rings is 4. The van der Waals surface area contributed by atoms with Crippen molar-refractivity contribution in [1.29, 1.82) is 5.26 Å². The highest BCUT2D eigenvalue weighted by Gasteiger charge is 2.26. The predicted octanol–water partition coefficient (Wildman–Crippen LogP) is 6.34. The van der Waals surface area contributed by atoms with E-state index in [0.29, 0.717) is 42.9 Å². The molecule has 4 aromatic carbocycles. The summed E-state index contributed by atoms with van der Waals surface area (Å²) >= 11 is 0. The summed E-state index contributed by atoms with van der Waals surface area (Å²) in [5.41, 5.74) is 9.82. The van der Waals surface area contributed by atoms with Crippen LogP contribution in [0.25, 0.3) is 21.9 Å². The third kappa shape index (κ3) is 6.64. The van der Waals surface area contributed by atoms with E-state index in [9.17, 15) is 15.2 Å². The van der Waals surface area contributed by atoms with Crippen LogP contribution in [-0.4, -0.2) is 29.8 Å². The highest BCUT2D eigenvalue weighted by molar-refractivity contribution is 5.91. The van der Waals surface area contributed by atoms with Crippen LogP contribution in [-0.2, 0) is 11.2 Å². The Morgan fingerprint density at radius 3 is 2.41 bits per heavy atom. The maximum Gasteiger partial charge on any atom is 0.338 e. The molecule has 4 rings (SSSR count). The number of ether oxygens (including phenoxy) is 2. The molecule has 0 aliphatic rings. The summed E-state index contributed by atoms with van der Waals surface area (Å²) in [7, 11) is 0. The molecule has 0 aliphatic carbocycles. The quantitative estimate of drug-likeness (QED) is 0.186. The van der Waals surface area contributed by atoms with Crippen molar-refractivity contribution in [2.45, 2.75) is 45.3 Å². The minimum atomic E-state index is -0.807. The Hall–Kier alpha value is -4.18. The molecule has 1 atom stereocenters. The first-order valence-electron chi connectivity index (χ1n) is 13.1. The molecule has 0 aliphatic heterocycles. The average Bonchev–Trinajstić information content (AvgIpc) is 2.94. The maximum atomic E-state index is 12.1. The standard InChI is InChI=1S/C33H34N2O4/c1-4-38-32(37)27-12-7-11-23(18-27)25-14-15-30(28(19-25)21-34)39-16-8-13-26-17-22-9-5-6-10-24(22)20-29(26)31(36)33(2,3)35/h5-7,9-12,14-15,17-20,31,36H,4,8,13,16,35H2,1-3H3/t31-/m1/s1. The van der Waals surface area contributed by atoms with Gasteiger partial charge in [-0.25, -0.2) is 4.79 Å². The first kappa shape index (κ1) is 27.8. The van der Waals surface area contributed by atoms with Gasteiger partial charge in [0.1, 0.15) is 11.8 Å². The van der Waals surface area contributed by atoms with Gasteiger partial charge < -0.3 is 20.3 Å². The summed E-state index contributed by atoms with van der Waals surface area (Å²) in [6.45, 7) is 6.12. The summed E-state index contributed by atoms with van der Waals surface area (Å²) in [5, 5.41) is 22.9. The zero-order valence-corrected chi connectivity index (χ0v) is 22.6. The van der Waals surface area contributed by atoms with Crippen molar-refractivity contribution in [2.75, 3.05) is 13.2 Å². The van der Waals surface area contributed by atoms with E-state index in [1.54, 1.807) is 37.3 Å². The molecule has 0 heterocycles. The van der Waals surface area contributed by atoms with Crippen LogP contribution < -0.4 is 10.5 Å². The number of aryl methyl sites for hydroxylation is 1. The molecule has 6 heteroatoms. The van der Waals surface area contributed by atoms with E-state index in [-0.39, 0.29) is 5.97 Å². The molecule has 0 amide bonds. The summed E-state index contributed by atoms with van der Waals surface area (Å²) < 4.78 is 11.1. The van der Waals surface area contributed by atoms with Crippen molar-refractivity contribution >= 4 is 16.7 Å². The highest BCUT2D eigenvalue weighted by Crippen LogP contribution is 2.31. The van der Waals surface area contributed by atoms with Gasteiger partial charge in [-0.15, -0.1) is 0 Å². The summed E-state index contributed by atoms with van der Waals surface area (Å²) in [6.07, 6.45) is 0.573. The van der Waals surface area contributed by atoms with E-state index in [2.05, 4.69) is 18.2 Å². The monoisotopic (exact) mass is 522 g/mol. The van der Waals surface area contributed by atoms with E-state index in [0.717, 1.165) is 33.0 Å². The molecular weight excluding hydrogens is 488 g/mol. The third-order valence-electron chi connectivity index (χ3n) is 6.66. The minimum Gasteiger partial charge on any atom is -0.492 e. The number of nitrogens with zero attached hydrogens (tertiary/aromatic N) is 1. The Balaban J connectivity index is 1.48. The normalized spacial score (nSPS) is 12.1. The van der Waals surface area contributed by atoms with Gasteiger partial charge in [-0.2, -0.15) is 5.26 Å². The number of hydrogen-bond acceptors (Lipinski definition) is 6. The summed E-state index contributed by atoms with van der Waals surface area (Å²) in [4.78, 5) is 12.1. The molecule has 4 aromatic rings. The van der Waals surface area contributed by atoms with Gasteiger partial charge in [0.15, 0.2) is 0 Å². The number of carbonyl (C=O) groups excluding carboxylic acids is 1. The first-order chi connectivity index (χ1) is 18.7. The van der Waals surface area contributed by atoms with Crippen LogP contribution in [0.3, 0.4) is 0 Å². The molecule has 0 radical (unpaired) electrons. The van der Waals surface area contributed by atoms with Crippen LogP contribution >= 0.6 is 0 Å². The number of nitriles is 1. The fraction of sp³-hybridized carbons (Fsp3) is 0.273. The smallest absolute Gasteiger partial charge is 0.338 e. The zero-order chi connectivity index (χ0) is 28.0. The topological polar surface area (TPSA) is 106 Å². The van der Waals surface area contributed by atoms with Crippen LogP contribution in [0.4, 0.5) is 0 Å². The largest absolute Gasteiger partial charge is 0.492 e. The fourth-order valence-electron chi connectivity index (χ4n) is 4.58. The lowest BCUT2D eigenvalue weighted by Crippen LogP contribution is -2.39. The van der Waals surface area contributed by atoms with Crippen molar-refractivity contribution in [3.8, 4) is 22.9 Å². The molecule has 0 unspecified atom stereocenters. The van der Waals surface area contributed by atoms with Crippen molar-refractivity contribution in [1.82, 2.24) is 0 Å². The lowest BCUT2D eigenvalue weighted by molar-refractivity contribution is 0.0526. The number of fused-ring (bicyclic) bond motifs is 1. The second kappa shape index (κ2) is 12.1. The van der Waals surface area contributed by atoms with Crippen LogP contribution in [0.1, 0.15) is 60.3 Å². The molecule has 0 saturated heterocycles. The van der Waals surface area contributed by atoms with Crippen molar-refractivity contribution in [2.24, 2.45) is 5.73 Å². The van der Waals surface area contributed by atoms with Crippen LogP contribution in [0, 0.1) is 11.3 Å². The van der Waals surface area contributed by atoms with Gasteiger partial charge >= 0.3 is 5.97 Å². The summed E-state index contributed by atoms with van der Waals surface area (Å²) in [6, 6.07) is 27.0. The molecule has 39 heavy (non-hydrogen) atoms. The van der Waals surface area contributed by atoms with Crippen LogP contribution in [0.5, 0.6) is 5.75 Å². The molecule has 0 saturated carbocycles. The zero-order valence-electron chi connectivity index (χ0n) is 22.6. The molecule has 0 spiro atoms. The van der Waals surface area contributed by atoms with Crippen LogP contribution in [0.15, 0.2) is 78.9 Å². The van der Waals surface area contributed by atoms with Crippen molar-refractivity contribution in [3.63, 3.8) is 0 Å². The van der Waals surface area contributed by atoms with Crippen molar-refractivity contribution < 1.29 is 19.4 Å². The van der Waals surface area contributed by atoms with Gasteiger partial charge in [0, 0.05) is 5.54 Å².